The van der Waals surface area contributed by atoms with Gasteiger partial charge in [0, 0.05) is 50.7 Å². The summed E-state index contributed by atoms with van der Waals surface area (Å²) in [6.07, 6.45) is 8.05. The summed E-state index contributed by atoms with van der Waals surface area (Å²) in [5.74, 6) is 0.804. The van der Waals surface area contributed by atoms with Gasteiger partial charge in [0.05, 0.1) is 0 Å². The molecule has 3 rings (SSSR count). The van der Waals surface area contributed by atoms with Gasteiger partial charge in [-0.25, -0.2) is 5.43 Å². The van der Waals surface area contributed by atoms with Crippen molar-refractivity contribution in [2.75, 3.05) is 32.7 Å². The fourth-order valence-corrected chi connectivity index (χ4v) is 4.77. The van der Waals surface area contributed by atoms with Crippen LogP contribution in [0, 0.1) is 5.92 Å². The topological polar surface area (TPSA) is 94.1 Å². The highest BCUT2D eigenvalue weighted by atomic mass is 16.2. The van der Waals surface area contributed by atoms with Crippen LogP contribution in [-0.2, 0) is 14.4 Å². The van der Waals surface area contributed by atoms with E-state index in [-0.39, 0.29) is 17.7 Å². The maximum absolute atomic E-state index is 12.5. The first kappa shape index (κ1) is 22.7. The molecule has 3 amide bonds. The number of hydrazone groups is 1. The average Bonchev–Trinajstić information content (AvgIpc) is 3.23. The number of rotatable bonds is 9. The Hall–Kier alpha value is -1.96. The van der Waals surface area contributed by atoms with E-state index in [1.54, 1.807) is 0 Å². The molecule has 0 aromatic rings. The molecule has 3 aliphatic heterocycles. The van der Waals surface area contributed by atoms with Crippen LogP contribution < -0.4 is 10.7 Å². The van der Waals surface area contributed by atoms with Gasteiger partial charge >= 0.3 is 0 Å². The second kappa shape index (κ2) is 11.4. The highest BCUT2D eigenvalue weighted by molar-refractivity contribution is 5.94. The van der Waals surface area contributed by atoms with Gasteiger partial charge < -0.3 is 10.2 Å². The van der Waals surface area contributed by atoms with Crippen molar-refractivity contribution < 1.29 is 14.4 Å². The first-order valence-corrected chi connectivity index (χ1v) is 11.7. The molecule has 0 radical (unpaired) electrons. The lowest BCUT2D eigenvalue weighted by Gasteiger charge is -2.32. The number of amides is 3. The molecule has 0 aromatic heterocycles. The molecule has 0 saturated carbocycles. The number of likely N-dealkylation sites (tertiary alicyclic amines) is 2. The van der Waals surface area contributed by atoms with E-state index in [9.17, 15) is 14.4 Å². The van der Waals surface area contributed by atoms with Gasteiger partial charge in [-0.15, -0.1) is 0 Å². The van der Waals surface area contributed by atoms with E-state index in [4.69, 9.17) is 0 Å². The molecule has 0 spiro atoms. The molecule has 3 aliphatic rings. The maximum Gasteiger partial charge on any atom is 0.240 e. The second-order valence-electron chi connectivity index (χ2n) is 8.80. The molecule has 8 nitrogen and oxygen atoms in total. The molecule has 8 heteroatoms. The van der Waals surface area contributed by atoms with Gasteiger partial charge in [-0.2, -0.15) is 5.10 Å². The molecule has 0 unspecified atom stereocenters. The molecule has 0 aromatic carbocycles. The Labute approximate surface area is 179 Å². The molecule has 2 N–H and O–H groups in total. The molecule has 0 bridgehead atoms. The smallest absolute Gasteiger partial charge is 0.240 e. The summed E-state index contributed by atoms with van der Waals surface area (Å²) in [4.78, 5) is 40.2. The van der Waals surface area contributed by atoms with Crippen molar-refractivity contribution in [3.63, 3.8) is 0 Å². The fourth-order valence-electron chi connectivity index (χ4n) is 4.77. The first-order valence-electron chi connectivity index (χ1n) is 11.7. The molecule has 2 fully saturated rings. The van der Waals surface area contributed by atoms with Gasteiger partial charge in [0.1, 0.15) is 0 Å². The van der Waals surface area contributed by atoms with Crippen molar-refractivity contribution in [2.24, 2.45) is 11.0 Å². The van der Waals surface area contributed by atoms with Crippen LogP contribution >= 0.6 is 0 Å². The van der Waals surface area contributed by atoms with E-state index in [1.807, 2.05) is 4.90 Å². The van der Waals surface area contributed by atoms with Gasteiger partial charge in [0.25, 0.3) is 0 Å². The largest absolute Gasteiger partial charge is 0.355 e. The Morgan fingerprint density at radius 1 is 1.13 bits per heavy atom. The molecule has 1 atom stereocenters. The monoisotopic (exact) mass is 419 g/mol. The molecular weight excluding hydrogens is 382 g/mol. The van der Waals surface area contributed by atoms with E-state index in [0.717, 1.165) is 57.7 Å². The normalized spacial score (nSPS) is 23.2. The van der Waals surface area contributed by atoms with Gasteiger partial charge in [0.15, 0.2) is 0 Å². The van der Waals surface area contributed by atoms with Crippen LogP contribution in [0.5, 0.6) is 0 Å². The molecule has 30 heavy (non-hydrogen) atoms. The highest BCUT2D eigenvalue weighted by Crippen LogP contribution is 2.23. The third kappa shape index (κ3) is 6.79. The van der Waals surface area contributed by atoms with Crippen molar-refractivity contribution in [3.05, 3.63) is 0 Å². The van der Waals surface area contributed by atoms with Crippen molar-refractivity contribution in [1.29, 1.82) is 0 Å². The zero-order chi connectivity index (χ0) is 21.3. The lowest BCUT2D eigenvalue weighted by Crippen LogP contribution is -2.40. The highest BCUT2D eigenvalue weighted by Gasteiger charge is 2.25. The minimum atomic E-state index is -0.0534. The van der Waals surface area contributed by atoms with E-state index < -0.39 is 0 Å². The van der Waals surface area contributed by atoms with Crippen LogP contribution in [0.3, 0.4) is 0 Å². The lowest BCUT2D eigenvalue weighted by atomic mass is 9.91. The molecular formula is C22H37N5O3. The van der Waals surface area contributed by atoms with Crippen molar-refractivity contribution in [2.45, 2.75) is 77.2 Å². The summed E-state index contributed by atoms with van der Waals surface area (Å²) < 4.78 is 0. The Balaban J connectivity index is 1.27. The van der Waals surface area contributed by atoms with Crippen LogP contribution in [-0.4, -0.2) is 72.0 Å². The number of nitrogens with one attached hydrogen (secondary N) is 2. The zero-order valence-corrected chi connectivity index (χ0v) is 18.3. The SMILES string of the molecule is CCN1CCC[C@@H]1CNC(=O)CCC1CCN(C(=O)CCC2=NNC(=O)CC2)CC1. The molecule has 3 heterocycles. The number of carbonyl (C=O) groups is 3. The van der Waals surface area contributed by atoms with E-state index in [1.165, 1.54) is 12.8 Å². The minimum absolute atomic E-state index is 0.0534. The van der Waals surface area contributed by atoms with E-state index >= 15 is 0 Å². The van der Waals surface area contributed by atoms with Crippen LogP contribution in [0.1, 0.15) is 71.1 Å². The Kier molecular flexibility index (Phi) is 8.66. The summed E-state index contributed by atoms with van der Waals surface area (Å²) in [6, 6.07) is 0.504. The molecule has 168 valence electrons. The van der Waals surface area contributed by atoms with Gasteiger partial charge in [-0.1, -0.05) is 6.92 Å². The number of nitrogens with zero attached hydrogens (tertiary/aromatic N) is 3. The third-order valence-electron chi connectivity index (χ3n) is 6.79. The fraction of sp³-hybridized carbons (Fsp3) is 0.818. The minimum Gasteiger partial charge on any atom is -0.355 e. The number of piperidine rings is 1. The number of likely N-dealkylation sites (N-methyl/N-ethyl adjacent to an activating group) is 1. The second-order valence-corrected chi connectivity index (χ2v) is 8.80. The Morgan fingerprint density at radius 2 is 1.93 bits per heavy atom. The number of hydrogen-bond donors (Lipinski definition) is 2. The first-order chi connectivity index (χ1) is 14.5. The maximum atomic E-state index is 12.5. The Bertz CT molecular complexity index is 643. The van der Waals surface area contributed by atoms with Crippen molar-refractivity contribution >= 4 is 23.4 Å². The number of carbonyl (C=O) groups excluding carboxylic acids is 3. The Morgan fingerprint density at radius 3 is 2.63 bits per heavy atom. The van der Waals surface area contributed by atoms with Gasteiger partial charge in [-0.3, -0.25) is 19.3 Å². The van der Waals surface area contributed by atoms with Crippen molar-refractivity contribution in [3.8, 4) is 0 Å². The zero-order valence-electron chi connectivity index (χ0n) is 18.3. The lowest BCUT2D eigenvalue weighted by molar-refractivity contribution is -0.132. The summed E-state index contributed by atoms with van der Waals surface area (Å²) in [5.41, 5.74) is 3.39. The molecule has 0 aliphatic carbocycles. The number of hydrogen-bond acceptors (Lipinski definition) is 5. The summed E-state index contributed by atoms with van der Waals surface area (Å²) in [5, 5.41) is 7.16. The van der Waals surface area contributed by atoms with E-state index in [2.05, 4.69) is 27.7 Å². The van der Waals surface area contributed by atoms with Gasteiger partial charge in [-0.05, 0) is 64.0 Å². The third-order valence-corrected chi connectivity index (χ3v) is 6.79. The van der Waals surface area contributed by atoms with Crippen LogP contribution in [0.25, 0.3) is 0 Å². The summed E-state index contributed by atoms with van der Waals surface area (Å²) in [7, 11) is 0. The van der Waals surface area contributed by atoms with Crippen LogP contribution in [0.2, 0.25) is 0 Å². The van der Waals surface area contributed by atoms with Gasteiger partial charge in [0.2, 0.25) is 17.7 Å². The van der Waals surface area contributed by atoms with Crippen molar-refractivity contribution in [1.82, 2.24) is 20.5 Å². The summed E-state index contributed by atoms with van der Waals surface area (Å²) >= 11 is 0. The van der Waals surface area contributed by atoms with Crippen LogP contribution in [0.4, 0.5) is 0 Å². The predicted octanol–water partition coefficient (Wildman–Crippen LogP) is 1.65. The average molecular weight is 420 g/mol. The summed E-state index contributed by atoms with van der Waals surface area (Å²) in [6.45, 7) is 6.72. The molecule has 2 saturated heterocycles. The quantitative estimate of drug-likeness (QED) is 0.594. The van der Waals surface area contributed by atoms with Crippen LogP contribution in [0.15, 0.2) is 5.10 Å². The van der Waals surface area contributed by atoms with E-state index in [0.29, 0.717) is 44.1 Å². The standard InChI is InChI=1S/C22H37N5O3/c1-2-26-13-3-4-19(26)16-23-20(28)8-5-17-11-14-27(15-12-17)22(30)10-7-18-6-9-21(29)25-24-18/h17,19H,2-16H2,1H3,(H,23,28)(H,25,29)/t19-/m1/s1. The predicted molar refractivity (Wildman–Crippen MR) is 116 cm³/mol.